The summed E-state index contributed by atoms with van der Waals surface area (Å²) in [6.07, 6.45) is -0.242. The number of aromatic nitrogens is 3. The molecule has 3 atom stereocenters. The van der Waals surface area contributed by atoms with Gasteiger partial charge in [-0.3, -0.25) is 4.79 Å². The Morgan fingerprint density at radius 3 is 2.54 bits per heavy atom. The molecule has 2 fully saturated rings. The summed E-state index contributed by atoms with van der Waals surface area (Å²) in [5.41, 5.74) is 0.168. The molecule has 2 aliphatic rings. The lowest BCUT2D eigenvalue weighted by Gasteiger charge is -2.35. The third-order valence-corrected chi connectivity index (χ3v) is 7.49. The first-order chi connectivity index (χ1) is 11.2. The molecule has 3 heterocycles. The molecule has 0 unspecified atom stereocenters. The van der Waals surface area contributed by atoms with Crippen molar-refractivity contribution in [3.8, 4) is 0 Å². The summed E-state index contributed by atoms with van der Waals surface area (Å²) in [5, 5.41) is 34.2. The number of carboxylic acid groups (broad SMARTS) is 1. The molecular formula is C12H16N4O7S. The topological polar surface area (TPSA) is 163 Å². The molecular weight excluding hydrogens is 344 g/mol. The van der Waals surface area contributed by atoms with E-state index in [1.54, 1.807) is 0 Å². The number of aliphatic hydroxyl groups excluding tert-OH is 2. The van der Waals surface area contributed by atoms with E-state index in [1.807, 2.05) is 0 Å². The van der Waals surface area contributed by atoms with Crippen molar-refractivity contribution in [2.45, 2.75) is 49.3 Å². The Balaban J connectivity index is 2.08. The van der Waals surface area contributed by atoms with Crippen LogP contribution in [0.5, 0.6) is 0 Å². The van der Waals surface area contributed by atoms with Crippen LogP contribution in [0, 0.1) is 0 Å². The monoisotopic (exact) mass is 360 g/mol. The molecule has 3 N–H and O–H groups in total. The number of amides is 1. The van der Waals surface area contributed by atoms with Gasteiger partial charge in [0.25, 0.3) is 0 Å². The Bertz CT molecular complexity index is 819. The molecule has 2 saturated heterocycles. The van der Waals surface area contributed by atoms with Crippen molar-refractivity contribution in [3.05, 3.63) is 11.4 Å². The number of carbonyl (C=O) groups is 2. The molecule has 132 valence electrons. The van der Waals surface area contributed by atoms with Crippen LogP contribution < -0.4 is 0 Å². The van der Waals surface area contributed by atoms with Crippen molar-refractivity contribution in [3.63, 3.8) is 0 Å². The van der Waals surface area contributed by atoms with Crippen molar-refractivity contribution >= 4 is 21.7 Å². The van der Waals surface area contributed by atoms with Crippen LogP contribution in [0.15, 0.2) is 0 Å². The van der Waals surface area contributed by atoms with E-state index in [9.17, 15) is 28.2 Å². The van der Waals surface area contributed by atoms with Crippen molar-refractivity contribution in [1.82, 2.24) is 19.9 Å². The molecule has 0 bridgehead atoms. The first-order valence-electron chi connectivity index (χ1n) is 7.09. The fraction of sp³-hybridized carbons (Fsp3) is 0.667. The molecule has 1 aromatic heterocycles. The number of carbonyl (C=O) groups excluding carboxylic acids is 1. The Hall–Kier alpha value is -2.05. The number of sulfone groups is 1. The van der Waals surface area contributed by atoms with Gasteiger partial charge in [-0.2, -0.15) is 0 Å². The molecule has 0 saturated carbocycles. The van der Waals surface area contributed by atoms with E-state index in [-0.39, 0.29) is 17.8 Å². The van der Waals surface area contributed by atoms with E-state index in [4.69, 9.17) is 5.11 Å². The van der Waals surface area contributed by atoms with Gasteiger partial charge < -0.3 is 20.2 Å². The summed E-state index contributed by atoms with van der Waals surface area (Å²) >= 11 is 0. The van der Waals surface area contributed by atoms with E-state index in [2.05, 4.69) is 10.3 Å². The summed E-state index contributed by atoms with van der Waals surface area (Å²) in [7, 11) is -3.98. The number of β-lactam (4-membered cyclic amide) rings is 1. The smallest absolute Gasteiger partial charge is 0.328 e. The number of rotatable bonds is 5. The molecule has 0 aromatic carbocycles. The maximum atomic E-state index is 12.8. The maximum Gasteiger partial charge on any atom is 0.328 e. The second kappa shape index (κ2) is 5.22. The fourth-order valence-electron chi connectivity index (χ4n) is 3.38. The van der Waals surface area contributed by atoms with Crippen LogP contribution in [0.2, 0.25) is 0 Å². The normalized spacial score (nSPS) is 31.0. The fourth-order valence-corrected chi connectivity index (χ4v) is 5.73. The molecule has 0 spiro atoms. The number of nitrogens with zero attached hydrogens (tertiary/aromatic N) is 4. The highest BCUT2D eigenvalue weighted by molar-refractivity contribution is 7.93. The van der Waals surface area contributed by atoms with Gasteiger partial charge in [0, 0.05) is 0 Å². The summed E-state index contributed by atoms with van der Waals surface area (Å²) in [4.78, 5) is 24.2. The largest absolute Gasteiger partial charge is 0.480 e. The van der Waals surface area contributed by atoms with Crippen molar-refractivity contribution in [2.75, 3.05) is 0 Å². The molecule has 1 amide bonds. The molecule has 2 aliphatic heterocycles. The van der Waals surface area contributed by atoms with Crippen LogP contribution in [0.3, 0.4) is 0 Å². The maximum absolute atomic E-state index is 12.8. The van der Waals surface area contributed by atoms with Crippen LogP contribution in [0.1, 0.15) is 24.7 Å². The first-order valence-corrected chi connectivity index (χ1v) is 8.64. The van der Waals surface area contributed by atoms with E-state index < -0.39 is 57.6 Å². The van der Waals surface area contributed by atoms with Gasteiger partial charge >= 0.3 is 5.97 Å². The average molecular weight is 360 g/mol. The minimum atomic E-state index is -3.98. The van der Waals surface area contributed by atoms with Crippen LogP contribution in [-0.2, 0) is 39.2 Å². The molecule has 24 heavy (non-hydrogen) atoms. The van der Waals surface area contributed by atoms with E-state index in [1.165, 1.54) is 6.92 Å². The Kier molecular flexibility index (Phi) is 3.66. The molecule has 1 aromatic rings. The van der Waals surface area contributed by atoms with Gasteiger partial charge in [-0.05, 0) is 6.92 Å². The molecule has 0 radical (unpaired) electrons. The lowest BCUT2D eigenvalue weighted by atomic mass is 9.96. The van der Waals surface area contributed by atoms with Crippen LogP contribution in [-0.4, -0.2) is 71.7 Å². The van der Waals surface area contributed by atoms with Gasteiger partial charge in [0.15, 0.2) is 15.9 Å². The van der Waals surface area contributed by atoms with Crippen LogP contribution in [0.4, 0.5) is 0 Å². The number of hydrogen-bond donors (Lipinski definition) is 3. The number of aliphatic hydroxyl groups is 2. The highest BCUT2D eigenvalue weighted by atomic mass is 32.2. The van der Waals surface area contributed by atoms with E-state index in [0.717, 1.165) is 9.58 Å². The van der Waals surface area contributed by atoms with Gasteiger partial charge in [0.05, 0.1) is 31.9 Å². The minimum absolute atomic E-state index is 0.0720. The molecule has 12 heteroatoms. The second-order valence-corrected chi connectivity index (χ2v) is 8.58. The average Bonchev–Trinajstić information content (AvgIpc) is 2.95. The minimum Gasteiger partial charge on any atom is -0.480 e. The van der Waals surface area contributed by atoms with Gasteiger partial charge in [-0.15, -0.1) is 5.10 Å². The molecule has 0 aliphatic carbocycles. The van der Waals surface area contributed by atoms with Gasteiger partial charge in [0.2, 0.25) is 5.91 Å². The number of hydrogen-bond acceptors (Lipinski definition) is 8. The summed E-state index contributed by atoms with van der Waals surface area (Å²) < 4.78 is 24.8. The Morgan fingerprint density at radius 2 is 2.04 bits per heavy atom. The first kappa shape index (κ1) is 16.8. The highest BCUT2D eigenvalue weighted by Crippen LogP contribution is 2.46. The van der Waals surface area contributed by atoms with Crippen molar-refractivity contribution in [2.24, 2.45) is 0 Å². The van der Waals surface area contributed by atoms with E-state index >= 15 is 0 Å². The van der Waals surface area contributed by atoms with Crippen molar-refractivity contribution < 1.29 is 33.3 Å². The zero-order chi connectivity index (χ0) is 17.9. The zero-order valence-electron chi connectivity index (χ0n) is 12.7. The van der Waals surface area contributed by atoms with Crippen molar-refractivity contribution in [1.29, 1.82) is 0 Å². The van der Waals surface area contributed by atoms with Crippen LogP contribution >= 0.6 is 0 Å². The van der Waals surface area contributed by atoms with Gasteiger partial charge in [0.1, 0.15) is 15.8 Å². The number of carboxylic acids is 1. The standard InChI is InChI=1S/C12H16N4O7S/c1-12(5-15-7(4-18)6(3-17)13-14-15)10(11(20)21)16-8(19)2-9(16)24(12,22)23/h9-10,17-18H,2-5H2,1H3,(H,20,21)/t9-,10-,12-/m0/s1. The SMILES string of the molecule is C[C@]1(Cn2nnc(CO)c2CO)[C@H](C(=O)O)N2C(=O)C[C@@H]2S1(=O)=O. The number of aliphatic carboxylic acids is 1. The van der Waals surface area contributed by atoms with Crippen LogP contribution in [0.25, 0.3) is 0 Å². The third-order valence-electron chi connectivity index (χ3n) is 4.73. The third kappa shape index (κ3) is 1.93. The van der Waals surface area contributed by atoms with Gasteiger partial charge in [-0.25, -0.2) is 17.9 Å². The predicted molar refractivity (Wildman–Crippen MR) is 75.9 cm³/mol. The lowest BCUT2D eigenvalue weighted by molar-refractivity contribution is -0.157. The highest BCUT2D eigenvalue weighted by Gasteiger charge is 2.70. The number of fused-ring (bicyclic) bond motifs is 1. The molecule has 3 rings (SSSR count). The Labute approximate surface area is 136 Å². The van der Waals surface area contributed by atoms with Gasteiger partial charge in [-0.1, -0.05) is 5.21 Å². The summed E-state index contributed by atoms with van der Waals surface area (Å²) in [6, 6.07) is -1.55. The summed E-state index contributed by atoms with van der Waals surface area (Å²) in [6.45, 7) is -0.221. The zero-order valence-corrected chi connectivity index (χ0v) is 13.5. The molecule has 11 nitrogen and oxygen atoms in total. The predicted octanol–water partition coefficient (Wildman–Crippen LogP) is -2.54. The Morgan fingerprint density at radius 1 is 1.38 bits per heavy atom. The summed E-state index contributed by atoms with van der Waals surface area (Å²) in [5.74, 6) is -1.96. The lowest BCUT2D eigenvalue weighted by Crippen LogP contribution is -2.58. The quantitative estimate of drug-likeness (QED) is 0.480. The van der Waals surface area contributed by atoms with E-state index in [0.29, 0.717) is 0 Å². The second-order valence-electron chi connectivity index (χ2n) is 6.01.